The van der Waals surface area contributed by atoms with Gasteiger partial charge in [-0.15, -0.1) is 0 Å². The molecule has 0 aliphatic carbocycles. The number of nitrogens with zero attached hydrogens (tertiary/aromatic N) is 1. The molecule has 6 nitrogen and oxygen atoms in total. The summed E-state index contributed by atoms with van der Waals surface area (Å²) in [7, 11) is -0.818. The smallest absolute Gasteiger partial charge is 0.248 e. The van der Waals surface area contributed by atoms with E-state index in [-0.39, 0.29) is 16.6 Å². The fourth-order valence-electron chi connectivity index (χ4n) is 2.12. The van der Waals surface area contributed by atoms with Crippen LogP contribution in [0.5, 0.6) is 5.75 Å². The first-order valence-corrected chi connectivity index (χ1v) is 10.5. The Morgan fingerprint density at radius 3 is 2.52 bits per heavy atom. The quantitative estimate of drug-likeness (QED) is 0.536. The van der Waals surface area contributed by atoms with Crippen LogP contribution < -0.4 is 10.1 Å². The number of hydrogen-bond acceptors (Lipinski definition) is 5. The van der Waals surface area contributed by atoms with Gasteiger partial charge in [-0.25, -0.2) is 12.7 Å². The molecule has 2 aromatic carbocycles. The number of carbonyl (C=O) groups is 1. The minimum absolute atomic E-state index is 0.00906. The van der Waals surface area contributed by atoms with Crippen molar-refractivity contribution >= 4 is 33.4 Å². The van der Waals surface area contributed by atoms with Crippen LogP contribution in [0.25, 0.3) is 0 Å². The summed E-state index contributed by atoms with van der Waals surface area (Å²) in [5.41, 5.74) is 0.373. The van der Waals surface area contributed by atoms with E-state index < -0.39 is 10.0 Å². The van der Waals surface area contributed by atoms with Crippen molar-refractivity contribution in [1.29, 1.82) is 0 Å². The summed E-state index contributed by atoms with van der Waals surface area (Å²) in [5.74, 6) is -0.102. The van der Waals surface area contributed by atoms with Crippen LogP contribution in [0.15, 0.2) is 69.8 Å². The first-order valence-electron chi connectivity index (χ1n) is 8.23. The zero-order valence-corrected chi connectivity index (χ0v) is 17.0. The highest BCUT2D eigenvalue weighted by Gasteiger charge is 2.23. The molecular weight excluding hydrogens is 384 g/mol. The Morgan fingerprint density at radius 2 is 1.89 bits per heavy atom. The van der Waals surface area contributed by atoms with Crippen LogP contribution >= 0.6 is 11.8 Å². The zero-order chi connectivity index (χ0) is 19.9. The zero-order valence-electron chi connectivity index (χ0n) is 15.4. The summed E-state index contributed by atoms with van der Waals surface area (Å²) in [6.07, 6.45) is 1.40. The van der Waals surface area contributed by atoms with Crippen molar-refractivity contribution in [3.63, 3.8) is 0 Å². The number of sulfonamides is 1. The third-order valence-electron chi connectivity index (χ3n) is 3.44. The van der Waals surface area contributed by atoms with Crippen molar-refractivity contribution in [2.24, 2.45) is 0 Å². The van der Waals surface area contributed by atoms with Gasteiger partial charge < -0.3 is 10.1 Å². The lowest BCUT2D eigenvalue weighted by Gasteiger charge is -2.16. The normalized spacial score (nSPS) is 11.7. The molecule has 1 amide bonds. The highest BCUT2D eigenvalue weighted by Crippen LogP contribution is 2.29. The lowest BCUT2D eigenvalue weighted by atomic mass is 10.3. The van der Waals surface area contributed by atoms with Gasteiger partial charge in [0.15, 0.2) is 0 Å². The first-order chi connectivity index (χ1) is 12.8. The molecule has 0 aliphatic heterocycles. The van der Waals surface area contributed by atoms with Crippen LogP contribution in [0, 0.1) is 0 Å². The van der Waals surface area contributed by atoms with Gasteiger partial charge in [0.25, 0.3) is 0 Å². The molecule has 8 heteroatoms. The SMILES string of the molecule is CCOc1ccc(NC(=O)/C=C/Sc2ccccc2)cc1S(=O)(=O)N(C)C. The molecule has 0 saturated carbocycles. The van der Waals surface area contributed by atoms with Crippen LogP contribution in [0.1, 0.15) is 6.92 Å². The fraction of sp³-hybridized carbons (Fsp3) is 0.211. The number of nitrogens with one attached hydrogen (secondary N) is 1. The Balaban J connectivity index is 2.15. The molecule has 144 valence electrons. The monoisotopic (exact) mass is 406 g/mol. The summed E-state index contributed by atoms with van der Waals surface area (Å²) in [6, 6.07) is 14.2. The van der Waals surface area contributed by atoms with E-state index in [2.05, 4.69) is 5.32 Å². The minimum atomic E-state index is -3.71. The predicted octanol–water partition coefficient (Wildman–Crippen LogP) is 3.58. The molecule has 2 rings (SSSR count). The number of hydrogen-bond donors (Lipinski definition) is 1. The topological polar surface area (TPSA) is 75.7 Å². The Labute approximate surface area is 164 Å². The van der Waals surface area contributed by atoms with Crippen molar-refractivity contribution in [2.75, 3.05) is 26.0 Å². The molecule has 0 atom stereocenters. The van der Waals surface area contributed by atoms with Crippen molar-refractivity contribution < 1.29 is 17.9 Å². The molecule has 0 fully saturated rings. The third-order valence-corrected chi connectivity index (χ3v) is 6.09. The highest BCUT2D eigenvalue weighted by atomic mass is 32.2. The number of anilines is 1. The second-order valence-electron chi connectivity index (χ2n) is 5.60. The Hall–Kier alpha value is -2.29. The number of amides is 1. The fourth-order valence-corrected chi connectivity index (χ4v) is 3.83. The maximum absolute atomic E-state index is 12.5. The van der Waals surface area contributed by atoms with Gasteiger partial charge in [0.2, 0.25) is 15.9 Å². The van der Waals surface area contributed by atoms with Gasteiger partial charge in [-0.3, -0.25) is 4.79 Å². The van der Waals surface area contributed by atoms with E-state index in [1.807, 2.05) is 30.3 Å². The van der Waals surface area contributed by atoms with Crippen LogP contribution in [-0.2, 0) is 14.8 Å². The summed E-state index contributed by atoms with van der Waals surface area (Å²) < 4.78 is 31.5. The van der Waals surface area contributed by atoms with Crippen LogP contribution in [0.3, 0.4) is 0 Å². The third kappa shape index (κ3) is 5.85. The van der Waals surface area contributed by atoms with Crippen molar-refractivity contribution in [3.8, 4) is 5.75 Å². The van der Waals surface area contributed by atoms with E-state index >= 15 is 0 Å². The molecule has 0 aromatic heterocycles. The molecule has 0 unspecified atom stereocenters. The Bertz CT molecular complexity index is 911. The second-order valence-corrected chi connectivity index (χ2v) is 8.70. The summed E-state index contributed by atoms with van der Waals surface area (Å²) in [4.78, 5) is 13.1. The molecule has 27 heavy (non-hydrogen) atoms. The summed E-state index contributed by atoms with van der Waals surface area (Å²) in [6.45, 7) is 2.11. The minimum Gasteiger partial charge on any atom is -0.492 e. The van der Waals surface area contributed by atoms with E-state index in [1.165, 1.54) is 44.1 Å². The second kappa shape index (κ2) is 9.59. The maximum Gasteiger partial charge on any atom is 0.248 e. The van der Waals surface area contributed by atoms with E-state index in [9.17, 15) is 13.2 Å². The van der Waals surface area contributed by atoms with Gasteiger partial charge in [0, 0.05) is 30.8 Å². The molecule has 0 saturated heterocycles. The standard InChI is InChI=1S/C19H22N2O4S2/c1-4-25-17-11-10-15(14-18(17)27(23,24)21(2)3)20-19(22)12-13-26-16-8-6-5-7-9-16/h5-14H,4H2,1-3H3,(H,20,22)/b13-12+. The number of benzene rings is 2. The number of carbonyl (C=O) groups excluding carboxylic acids is 1. The molecule has 0 spiro atoms. The van der Waals surface area contributed by atoms with Crippen molar-refractivity contribution in [1.82, 2.24) is 4.31 Å². The molecule has 1 N–H and O–H groups in total. The van der Waals surface area contributed by atoms with Gasteiger partial charge in [0.1, 0.15) is 10.6 Å². The van der Waals surface area contributed by atoms with Crippen molar-refractivity contribution in [3.05, 3.63) is 60.0 Å². The predicted molar refractivity (Wildman–Crippen MR) is 109 cm³/mol. The van der Waals surface area contributed by atoms with E-state index in [0.29, 0.717) is 12.3 Å². The van der Waals surface area contributed by atoms with E-state index in [0.717, 1.165) is 9.20 Å². The number of rotatable bonds is 8. The van der Waals surface area contributed by atoms with Gasteiger partial charge in [0.05, 0.1) is 6.61 Å². The van der Waals surface area contributed by atoms with E-state index in [4.69, 9.17) is 4.74 Å². The average molecular weight is 407 g/mol. The van der Waals surface area contributed by atoms with E-state index in [1.54, 1.807) is 18.4 Å². The summed E-state index contributed by atoms with van der Waals surface area (Å²) >= 11 is 1.42. The van der Waals surface area contributed by atoms with Gasteiger partial charge in [-0.1, -0.05) is 30.0 Å². The van der Waals surface area contributed by atoms with Gasteiger partial charge >= 0.3 is 0 Å². The number of ether oxygens (including phenoxy) is 1. The van der Waals surface area contributed by atoms with Gasteiger partial charge in [-0.05, 0) is 42.7 Å². The molecular formula is C19H22N2O4S2. The molecule has 0 radical (unpaired) electrons. The lowest BCUT2D eigenvalue weighted by Crippen LogP contribution is -2.23. The first kappa shape index (κ1) is 21.0. The maximum atomic E-state index is 12.5. The molecule has 0 aliphatic rings. The highest BCUT2D eigenvalue weighted by molar-refractivity contribution is 8.02. The van der Waals surface area contributed by atoms with Gasteiger partial charge in [-0.2, -0.15) is 0 Å². The lowest BCUT2D eigenvalue weighted by molar-refractivity contribution is -0.111. The molecule has 2 aromatic rings. The Kier molecular flexibility index (Phi) is 7.46. The van der Waals surface area contributed by atoms with Crippen molar-refractivity contribution in [2.45, 2.75) is 16.7 Å². The van der Waals surface area contributed by atoms with Crippen LogP contribution in [0.2, 0.25) is 0 Å². The van der Waals surface area contributed by atoms with Crippen LogP contribution in [0.4, 0.5) is 5.69 Å². The average Bonchev–Trinajstić information content (AvgIpc) is 2.64. The summed E-state index contributed by atoms with van der Waals surface area (Å²) in [5, 5.41) is 4.35. The molecule has 0 heterocycles. The Morgan fingerprint density at radius 1 is 1.19 bits per heavy atom. The number of thioether (sulfide) groups is 1. The van der Waals surface area contributed by atoms with Crippen LogP contribution in [-0.4, -0.2) is 39.3 Å². The largest absolute Gasteiger partial charge is 0.492 e. The molecule has 0 bridgehead atoms.